The van der Waals surface area contributed by atoms with E-state index in [1.54, 1.807) is 11.3 Å². The van der Waals surface area contributed by atoms with Crippen LogP contribution >= 0.6 is 11.3 Å². The first-order valence-corrected chi connectivity index (χ1v) is 7.01. The van der Waals surface area contributed by atoms with E-state index in [0.29, 0.717) is 12.5 Å². The summed E-state index contributed by atoms with van der Waals surface area (Å²) in [5, 5.41) is 2.21. The standard InChI is InChI=1S/C13H15NS.C2H6/c1-10(11-5-3-2-4-6-11)12-7-13(8-14)15-9-12;1-2/h2-7,9-10H,8,14H2,1H3;1-2H3. The Hall–Kier alpha value is -1.12. The number of hydrogen-bond acceptors (Lipinski definition) is 2. The number of benzene rings is 1. The van der Waals surface area contributed by atoms with E-state index < -0.39 is 0 Å². The van der Waals surface area contributed by atoms with Gasteiger partial charge in [0, 0.05) is 17.3 Å². The molecule has 1 unspecified atom stereocenters. The molecule has 17 heavy (non-hydrogen) atoms. The average Bonchev–Trinajstić information content (AvgIpc) is 2.90. The topological polar surface area (TPSA) is 26.0 Å². The zero-order valence-corrected chi connectivity index (χ0v) is 11.6. The van der Waals surface area contributed by atoms with E-state index in [2.05, 4.69) is 48.7 Å². The van der Waals surface area contributed by atoms with E-state index in [4.69, 9.17) is 5.73 Å². The lowest BCUT2D eigenvalue weighted by Gasteiger charge is -2.09. The lowest BCUT2D eigenvalue weighted by Crippen LogP contribution is -1.95. The third-order valence-electron chi connectivity index (χ3n) is 2.67. The smallest absolute Gasteiger partial charge is 0.0273 e. The highest BCUT2D eigenvalue weighted by Crippen LogP contribution is 2.27. The SMILES string of the molecule is CC.CC(c1ccccc1)c1csc(CN)c1. The maximum absolute atomic E-state index is 5.61. The Morgan fingerprint density at radius 1 is 1.12 bits per heavy atom. The van der Waals surface area contributed by atoms with Crippen molar-refractivity contribution in [2.24, 2.45) is 5.73 Å². The molecule has 1 aromatic carbocycles. The van der Waals surface area contributed by atoms with Crippen molar-refractivity contribution in [3.8, 4) is 0 Å². The van der Waals surface area contributed by atoms with Crippen molar-refractivity contribution in [2.45, 2.75) is 33.2 Å². The molecule has 1 nitrogen and oxygen atoms in total. The van der Waals surface area contributed by atoms with Crippen LogP contribution in [-0.4, -0.2) is 0 Å². The molecule has 2 aromatic rings. The normalized spacial score (nSPS) is 11.5. The summed E-state index contributed by atoms with van der Waals surface area (Å²) in [6.07, 6.45) is 0. The third-order valence-corrected chi connectivity index (χ3v) is 3.65. The van der Waals surface area contributed by atoms with Gasteiger partial charge in [0.05, 0.1) is 0 Å². The Labute approximate surface area is 108 Å². The molecule has 0 fully saturated rings. The van der Waals surface area contributed by atoms with Gasteiger partial charge in [-0.05, 0) is 22.6 Å². The van der Waals surface area contributed by atoms with Gasteiger partial charge in [-0.3, -0.25) is 0 Å². The van der Waals surface area contributed by atoms with Crippen LogP contribution in [0.3, 0.4) is 0 Å². The Bertz CT molecular complexity index is 419. The summed E-state index contributed by atoms with van der Waals surface area (Å²) >= 11 is 1.75. The first kappa shape index (κ1) is 13.9. The molecular formula is C15H21NS. The van der Waals surface area contributed by atoms with Gasteiger partial charge in [-0.1, -0.05) is 51.1 Å². The molecule has 0 spiro atoms. The van der Waals surface area contributed by atoms with Crippen molar-refractivity contribution >= 4 is 11.3 Å². The molecule has 2 N–H and O–H groups in total. The van der Waals surface area contributed by atoms with Crippen molar-refractivity contribution in [1.82, 2.24) is 0 Å². The fourth-order valence-corrected chi connectivity index (χ4v) is 2.53. The highest BCUT2D eigenvalue weighted by molar-refractivity contribution is 7.10. The predicted octanol–water partition coefficient (Wildman–Crippen LogP) is 4.38. The molecule has 92 valence electrons. The molecule has 0 saturated carbocycles. The summed E-state index contributed by atoms with van der Waals surface area (Å²) in [4.78, 5) is 1.26. The lowest BCUT2D eigenvalue weighted by molar-refractivity contribution is 0.925. The summed E-state index contributed by atoms with van der Waals surface area (Å²) in [5.41, 5.74) is 8.34. The summed E-state index contributed by atoms with van der Waals surface area (Å²) in [6, 6.07) is 12.8. The molecule has 1 heterocycles. The van der Waals surface area contributed by atoms with Crippen LogP contribution in [0.2, 0.25) is 0 Å². The number of thiophene rings is 1. The minimum Gasteiger partial charge on any atom is -0.326 e. The highest BCUT2D eigenvalue weighted by Gasteiger charge is 2.09. The molecule has 0 saturated heterocycles. The second kappa shape index (κ2) is 7.25. The minimum atomic E-state index is 0.461. The molecule has 0 amide bonds. The van der Waals surface area contributed by atoms with Crippen LogP contribution < -0.4 is 5.73 Å². The fourth-order valence-electron chi connectivity index (χ4n) is 1.67. The van der Waals surface area contributed by atoms with Crippen LogP contribution in [-0.2, 0) is 6.54 Å². The molecule has 2 rings (SSSR count). The fraction of sp³-hybridized carbons (Fsp3) is 0.333. The van der Waals surface area contributed by atoms with Crippen LogP contribution in [0.15, 0.2) is 41.8 Å². The van der Waals surface area contributed by atoms with Gasteiger partial charge in [-0.2, -0.15) is 0 Å². The molecule has 0 bridgehead atoms. The summed E-state index contributed by atoms with van der Waals surface area (Å²) < 4.78 is 0. The largest absolute Gasteiger partial charge is 0.326 e. The van der Waals surface area contributed by atoms with E-state index in [9.17, 15) is 0 Å². The van der Waals surface area contributed by atoms with E-state index in [1.807, 2.05) is 13.8 Å². The molecule has 1 aromatic heterocycles. The van der Waals surface area contributed by atoms with Gasteiger partial charge in [0.15, 0.2) is 0 Å². The van der Waals surface area contributed by atoms with Gasteiger partial charge in [-0.25, -0.2) is 0 Å². The maximum atomic E-state index is 5.61. The second-order valence-corrected chi connectivity index (χ2v) is 4.68. The van der Waals surface area contributed by atoms with Crippen molar-refractivity contribution in [3.63, 3.8) is 0 Å². The quantitative estimate of drug-likeness (QED) is 0.855. The van der Waals surface area contributed by atoms with E-state index in [1.165, 1.54) is 16.0 Å². The average molecular weight is 247 g/mol. The molecule has 0 aliphatic heterocycles. The zero-order valence-electron chi connectivity index (χ0n) is 10.8. The second-order valence-electron chi connectivity index (χ2n) is 3.68. The van der Waals surface area contributed by atoms with E-state index in [-0.39, 0.29) is 0 Å². The number of hydrogen-bond donors (Lipinski definition) is 1. The van der Waals surface area contributed by atoms with Crippen molar-refractivity contribution in [3.05, 3.63) is 57.8 Å². The zero-order chi connectivity index (χ0) is 12.7. The Morgan fingerprint density at radius 2 is 1.76 bits per heavy atom. The molecule has 0 radical (unpaired) electrons. The van der Waals surface area contributed by atoms with Crippen LogP contribution in [0.4, 0.5) is 0 Å². The molecule has 2 heteroatoms. The van der Waals surface area contributed by atoms with Gasteiger partial charge in [0.2, 0.25) is 0 Å². The van der Waals surface area contributed by atoms with Crippen molar-refractivity contribution in [1.29, 1.82) is 0 Å². The van der Waals surface area contributed by atoms with Crippen LogP contribution in [0.1, 0.15) is 42.7 Å². The first-order valence-electron chi connectivity index (χ1n) is 6.13. The molecule has 0 aliphatic rings. The Morgan fingerprint density at radius 3 is 2.29 bits per heavy atom. The maximum Gasteiger partial charge on any atom is 0.0273 e. The third kappa shape index (κ3) is 3.69. The minimum absolute atomic E-state index is 0.461. The molecule has 0 aliphatic carbocycles. The molecular weight excluding hydrogens is 226 g/mol. The van der Waals surface area contributed by atoms with Gasteiger partial charge < -0.3 is 5.73 Å². The van der Waals surface area contributed by atoms with Gasteiger partial charge in [0.1, 0.15) is 0 Å². The molecule has 1 atom stereocenters. The Kier molecular flexibility index (Phi) is 5.95. The highest BCUT2D eigenvalue weighted by atomic mass is 32.1. The van der Waals surface area contributed by atoms with Crippen LogP contribution in [0.25, 0.3) is 0 Å². The van der Waals surface area contributed by atoms with Gasteiger partial charge >= 0.3 is 0 Å². The van der Waals surface area contributed by atoms with Crippen LogP contribution in [0, 0.1) is 0 Å². The van der Waals surface area contributed by atoms with Crippen molar-refractivity contribution < 1.29 is 0 Å². The first-order chi connectivity index (χ1) is 8.31. The number of rotatable bonds is 3. The van der Waals surface area contributed by atoms with Crippen molar-refractivity contribution in [2.75, 3.05) is 0 Å². The lowest BCUT2D eigenvalue weighted by atomic mass is 9.95. The van der Waals surface area contributed by atoms with Gasteiger partial charge in [0.25, 0.3) is 0 Å². The summed E-state index contributed by atoms with van der Waals surface area (Å²) in [5.74, 6) is 0.461. The van der Waals surface area contributed by atoms with Gasteiger partial charge in [-0.15, -0.1) is 11.3 Å². The summed E-state index contributed by atoms with van der Waals surface area (Å²) in [7, 11) is 0. The summed E-state index contributed by atoms with van der Waals surface area (Å²) in [6.45, 7) is 6.88. The van der Waals surface area contributed by atoms with E-state index >= 15 is 0 Å². The van der Waals surface area contributed by atoms with E-state index in [0.717, 1.165) is 0 Å². The monoisotopic (exact) mass is 247 g/mol. The predicted molar refractivity (Wildman–Crippen MR) is 77.5 cm³/mol. The van der Waals surface area contributed by atoms with Crippen LogP contribution in [0.5, 0.6) is 0 Å². The Balaban J connectivity index is 0.000000686. The number of nitrogens with two attached hydrogens (primary N) is 1.